The van der Waals surface area contributed by atoms with Gasteiger partial charge in [-0.25, -0.2) is 0 Å². The molecular weight excluding hydrogens is 384 g/mol. The van der Waals surface area contributed by atoms with Gasteiger partial charge in [-0.2, -0.15) is 0 Å². The number of ether oxygens (including phenoxy) is 1. The summed E-state index contributed by atoms with van der Waals surface area (Å²) in [6.45, 7) is 6.43. The van der Waals surface area contributed by atoms with E-state index in [1.54, 1.807) is 17.9 Å². The quantitative estimate of drug-likeness (QED) is 0.598. The maximum atomic E-state index is 13.0. The number of carbonyl (C=O) groups excluding carboxylic acids is 2. The third kappa shape index (κ3) is 4.37. The Morgan fingerprint density at radius 2 is 2.00 bits per heavy atom. The molecule has 7 heteroatoms. The molecule has 4 unspecified atom stereocenters. The molecule has 164 valence electrons. The second-order valence-corrected chi connectivity index (χ2v) is 8.30. The highest BCUT2D eigenvalue weighted by molar-refractivity contribution is 5.96. The molecule has 3 N–H and O–H groups in total. The first-order valence-corrected chi connectivity index (χ1v) is 10.7. The monoisotopic (exact) mass is 416 g/mol. The second kappa shape index (κ2) is 9.62. The van der Waals surface area contributed by atoms with Crippen LogP contribution in [0.4, 0.5) is 0 Å². The summed E-state index contributed by atoms with van der Waals surface area (Å²) < 4.78 is 6.07. The zero-order chi connectivity index (χ0) is 21.8. The summed E-state index contributed by atoms with van der Waals surface area (Å²) in [5, 5.41) is 23.1. The Balaban J connectivity index is 2.01. The average Bonchev–Trinajstić information content (AvgIpc) is 3.13. The van der Waals surface area contributed by atoms with Crippen molar-refractivity contribution in [2.75, 3.05) is 19.7 Å². The number of hydrogen-bond acceptors (Lipinski definition) is 5. The zero-order valence-electron chi connectivity index (χ0n) is 17.9. The number of para-hydroxylation sites is 1. The summed E-state index contributed by atoms with van der Waals surface area (Å²) in [6.07, 6.45) is 1.22. The molecule has 7 nitrogen and oxygen atoms in total. The van der Waals surface area contributed by atoms with Gasteiger partial charge < -0.3 is 25.2 Å². The SMILES string of the molecule is CCC(=O)N(CCC(C)C)C1C=C(C(=O)NCCO)C2c3ccccc3OC2C1O. The summed E-state index contributed by atoms with van der Waals surface area (Å²) >= 11 is 0. The molecule has 4 atom stereocenters. The molecule has 3 rings (SSSR count). The average molecular weight is 417 g/mol. The molecule has 0 spiro atoms. The molecule has 2 aliphatic rings. The van der Waals surface area contributed by atoms with E-state index in [0.717, 1.165) is 12.0 Å². The highest BCUT2D eigenvalue weighted by Crippen LogP contribution is 2.47. The van der Waals surface area contributed by atoms with Crippen LogP contribution in [0.2, 0.25) is 0 Å². The number of nitrogens with one attached hydrogen (secondary N) is 1. The fourth-order valence-electron chi connectivity index (χ4n) is 4.23. The summed E-state index contributed by atoms with van der Waals surface area (Å²) in [7, 11) is 0. The summed E-state index contributed by atoms with van der Waals surface area (Å²) in [5.74, 6) is 0.233. The molecule has 0 aromatic heterocycles. The first-order valence-electron chi connectivity index (χ1n) is 10.7. The van der Waals surface area contributed by atoms with Gasteiger partial charge in [0.05, 0.1) is 18.6 Å². The number of fused-ring (bicyclic) bond motifs is 3. The first-order chi connectivity index (χ1) is 14.4. The van der Waals surface area contributed by atoms with E-state index in [4.69, 9.17) is 9.84 Å². The topological polar surface area (TPSA) is 99.1 Å². The molecule has 1 heterocycles. The molecule has 0 fully saturated rings. The Morgan fingerprint density at radius 1 is 1.27 bits per heavy atom. The number of benzene rings is 1. The van der Waals surface area contributed by atoms with Crippen LogP contribution < -0.4 is 10.1 Å². The van der Waals surface area contributed by atoms with Crippen molar-refractivity contribution in [2.24, 2.45) is 5.92 Å². The van der Waals surface area contributed by atoms with Crippen LogP contribution in [0.15, 0.2) is 35.9 Å². The second-order valence-electron chi connectivity index (χ2n) is 8.30. The lowest BCUT2D eigenvalue weighted by Crippen LogP contribution is -2.56. The molecule has 30 heavy (non-hydrogen) atoms. The smallest absolute Gasteiger partial charge is 0.247 e. The summed E-state index contributed by atoms with van der Waals surface area (Å²) in [6, 6.07) is 6.80. The predicted octanol–water partition coefficient (Wildman–Crippen LogP) is 1.59. The van der Waals surface area contributed by atoms with Gasteiger partial charge in [0.25, 0.3) is 0 Å². The van der Waals surface area contributed by atoms with Crippen molar-refractivity contribution in [2.45, 2.75) is 57.8 Å². The number of aliphatic hydroxyl groups is 2. The van der Waals surface area contributed by atoms with E-state index >= 15 is 0 Å². The van der Waals surface area contributed by atoms with Gasteiger partial charge in [-0.3, -0.25) is 9.59 Å². The lowest BCUT2D eigenvalue weighted by molar-refractivity contribution is -0.137. The molecule has 0 bridgehead atoms. The van der Waals surface area contributed by atoms with Crippen molar-refractivity contribution in [3.63, 3.8) is 0 Å². The normalized spacial score (nSPS) is 24.5. The largest absolute Gasteiger partial charge is 0.486 e. The number of aliphatic hydroxyl groups excluding tert-OH is 2. The lowest BCUT2D eigenvalue weighted by Gasteiger charge is -2.41. The maximum Gasteiger partial charge on any atom is 0.247 e. The van der Waals surface area contributed by atoms with Crippen LogP contribution in [0.25, 0.3) is 0 Å². The Morgan fingerprint density at radius 3 is 2.67 bits per heavy atom. The molecule has 1 aromatic rings. The number of nitrogens with zero attached hydrogens (tertiary/aromatic N) is 1. The van der Waals surface area contributed by atoms with Crippen molar-refractivity contribution in [1.29, 1.82) is 0 Å². The van der Waals surface area contributed by atoms with Crippen LogP contribution in [0.3, 0.4) is 0 Å². The van der Waals surface area contributed by atoms with Gasteiger partial charge in [0.2, 0.25) is 11.8 Å². The van der Waals surface area contributed by atoms with E-state index in [9.17, 15) is 14.7 Å². The van der Waals surface area contributed by atoms with Gasteiger partial charge in [-0.15, -0.1) is 0 Å². The van der Waals surface area contributed by atoms with Crippen LogP contribution >= 0.6 is 0 Å². The van der Waals surface area contributed by atoms with E-state index < -0.39 is 24.2 Å². The van der Waals surface area contributed by atoms with Crippen molar-refractivity contribution in [3.05, 3.63) is 41.5 Å². The van der Waals surface area contributed by atoms with Crippen molar-refractivity contribution >= 4 is 11.8 Å². The highest BCUT2D eigenvalue weighted by atomic mass is 16.5. The van der Waals surface area contributed by atoms with Gasteiger partial charge in [-0.1, -0.05) is 39.0 Å². The van der Waals surface area contributed by atoms with Crippen LogP contribution in [-0.2, 0) is 9.59 Å². The third-order valence-electron chi connectivity index (χ3n) is 5.81. The molecule has 0 saturated heterocycles. The molecular formula is C23H32N2O5. The Labute approximate surface area is 177 Å². The van der Waals surface area contributed by atoms with Gasteiger partial charge in [0, 0.05) is 30.6 Å². The first kappa shape index (κ1) is 22.3. The van der Waals surface area contributed by atoms with Crippen LogP contribution in [0.1, 0.15) is 45.1 Å². The molecule has 1 aliphatic heterocycles. The summed E-state index contributed by atoms with van der Waals surface area (Å²) in [4.78, 5) is 27.4. The fourth-order valence-corrected chi connectivity index (χ4v) is 4.23. The van der Waals surface area contributed by atoms with Gasteiger partial charge in [0.1, 0.15) is 18.0 Å². The number of carbonyl (C=O) groups is 2. The van der Waals surface area contributed by atoms with E-state index in [0.29, 0.717) is 30.2 Å². The van der Waals surface area contributed by atoms with E-state index in [1.807, 2.05) is 24.3 Å². The fraction of sp³-hybridized carbons (Fsp3) is 0.565. The van der Waals surface area contributed by atoms with Crippen LogP contribution in [0, 0.1) is 5.92 Å². The van der Waals surface area contributed by atoms with Crippen LogP contribution in [-0.4, -0.2) is 64.9 Å². The number of rotatable bonds is 8. The Hall–Kier alpha value is -2.38. The van der Waals surface area contributed by atoms with E-state index in [1.165, 1.54) is 0 Å². The molecule has 1 aromatic carbocycles. The lowest BCUT2D eigenvalue weighted by atomic mass is 9.77. The minimum Gasteiger partial charge on any atom is -0.486 e. The van der Waals surface area contributed by atoms with Gasteiger partial charge >= 0.3 is 0 Å². The van der Waals surface area contributed by atoms with Crippen molar-refractivity contribution < 1.29 is 24.5 Å². The highest BCUT2D eigenvalue weighted by Gasteiger charge is 2.50. The van der Waals surface area contributed by atoms with Gasteiger partial charge in [-0.05, 0) is 24.5 Å². The number of hydrogen-bond donors (Lipinski definition) is 3. The standard InChI is InChI=1S/C23H32N2O5/c1-4-19(27)25(11-9-14(2)3)17-13-16(23(29)24-10-12-26)20-15-7-5-6-8-18(15)30-22(20)21(17)28/h5-8,13-14,17,20-22,26,28H,4,9-12H2,1-3H3,(H,24,29). The van der Waals surface area contributed by atoms with E-state index in [-0.39, 0.29) is 25.0 Å². The predicted molar refractivity (Wildman–Crippen MR) is 113 cm³/mol. The minimum atomic E-state index is -0.959. The zero-order valence-corrected chi connectivity index (χ0v) is 17.9. The minimum absolute atomic E-state index is 0.0694. The molecule has 2 amide bonds. The Kier molecular flexibility index (Phi) is 7.15. The van der Waals surface area contributed by atoms with Crippen molar-refractivity contribution in [3.8, 4) is 5.75 Å². The molecule has 0 radical (unpaired) electrons. The summed E-state index contributed by atoms with van der Waals surface area (Å²) in [5.41, 5.74) is 1.31. The molecule has 1 aliphatic carbocycles. The third-order valence-corrected chi connectivity index (χ3v) is 5.81. The van der Waals surface area contributed by atoms with Gasteiger partial charge in [0.15, 0.2) is 0 Å². The van der Waals surface area contributed by atoms with Crippen LogP contribution in [0.5, 0.6) is 5.75 Å². The molecule has 0 saturated carbocycles. The van der Waals surface area contributed by atoms with Crippen molar-refractivity contribution in [1.82, 2.24) is 10.2 Å². The maximum absolute atomic E-state index is 13.0. The Bertz CT molecular complexity index is 807. The number of amides is 2. The van der Waals surface area contributed by atoms with E-state index in [2.05, 4.69) is 19.2 Å².